The van der Waals surface area contributed by atoms with Gasteiger partial charge in [0.2, 0.25) is 24.1 Å². The van der Waals surface area contributed by atoms with Crippen molar-refractivity contribution in [3.8, 4) is 0 Å². The Morgan fingerprint density at radius 2 is 1.73 bits per heavy atom. The average Bonchev–Trinajstić information content (AvgIpc) is 3.15. The molecule has 0 spiro atoms. The molecular formula is C31H48Cl2N6O4S. The summed E-state index contributed by atoms with van der Waals surface area (Å²) < 4.78 is 3.13. The highest BCUT2D eigenvalue weighted by Gasteiger charge is 2.21. The molecular weight excluding hydrogens is 623 g/mol. The minimum absolute atomic E-state index is 0.0437. The lowest BCUT2D eigenvalue weighted by Crippen LogP contribution is -2.43. The number of amides is 4. The number of hydrogen-bond acceptors (Lipinski definition) is 7. The smallest absolute Gasteiger partial charge is 0.239 e. The van der Waals surface area contributed by atoms with Gasteiger partial charge in [0.05, 0.1) is 19.6 Å². The van der Waals surface area contributed by atoms with Gasteiger partial charge in [0.15, 0.2) is 0 Å². The number of carbonyl (C=O) groups excluding carboxylic acids is 4. The van der Waals surface area contributed by atoms with Gasteiger partial charge in [-0.1, -0.05) is 78.5 Å². The van der Waals surface area contributed by atoms with E-state index in [9.17, 15) is 19.2 Å². The molecule has 0 heterocycles. The minimum Gasteiger partial charge on any atom is -0.359 e. The molecule has 5 N–H and O–H groups in total. The molecule has 2 unspecified atom stereocenters. The first-order valence-electron chi connectivity index (χ1n) is 14.8. The van der Waals surface area contributed by atoms with Crippen LogP contribution < -0.4 is 26.0 Å². The summed E-state index contributed by atoms with van der Waals surface area (Å²) in [6.45, 7) is 12.5. The molecule has 0 aromatic rings. The maximum Gasteiger partial charge on any atom is 0.239 e. The fourth-order valence-electron chi connectivity index (χ4n) is 4.56. The predicted octanol–water partition coefficient (Wildman–Crippen LogP) is 3.52. The van der Waals surface area contributed by atoms with Crippen LogP contribution in [0.2, 0.25) is 0 Å². The Morgan fingerprint density at radius 1 is 1.07 bits per heavy atom. The van der Waals surface area contributed by atoms with Crippen molar-refractivity contribution in [1.82, 2.24) is 30.9 Å². The zero-order valence-corrected chi connectivity index (χ0v) is 28.2. The van der Waals surface area contributed by atoms with E-state index in [4.69, 9.17) is 23.2 Å². The van der Waals surface area contributed by atoms with Crippen molar-refractivity contribution in [2.45, 2.75) is 50.7 Å². The number of hydrogen-bond donors (Lipinski definition) is 5. The van der Waals surface area contributed by atoms with Gasteiger partial charge in [-0.15, -0.1) is 0 Å². The SMILES string of the molecule is C=C/C(CN(C)CC(C)/C=C1\CCCC(=C)C(SNCC(=O)NCC(=O)NCC(=O)NCCCCNC=O)C1)=C(Cl)\C=C\Cl. The van der Waals surface area contributed by atoms with Crippen LogP contribution in [0.15, 0.2) is 58.7 Å². The number of nitrogens with zero attached hydrogens (tertiary/aromatic N) is 1. The number of nitrogens with one attached hydrogen (secondary N) is 5. The number of rotatable bonds is 21. The Bertz CT molecular complexity index is 1070. The highest BCUT2D eigenvalue weighted by molar-refractivity contribution is 7.98. The van der Waals surface area contributed by atoms with Crippen LogP contribution in [0.4, 0.5) is 0 Å². The number of allylic oxidation sites excluding steroid dienone is 3. The third-order valence-corrected chi connectivity index (χ3v) is 8.32. The summed E-state index contributed by atoms with van der Waals surface area (Å²) in [6.07, 6.45) is 11.7. The van der Waals surface area contributed by atoms with Crippen molar-refractivity contribution in [3.63, 3.8) is 0 Å². The van der Waals surface area contributed by atoms with Crippen LogP contribution >= 0.6 is 35.1 Å². The van der Waals surface area contributed by atoms with Crippen molar-refractivity contribution in [2.24, 2.45) is 5.92 Å². The molecule has 0 saturated heterocycles. The first kappa shape index (κ1) is 39.5. The van der Waals surface area contributed by atoms with Gasteiger partial charge in [-0.2, -0.15) is 0 Å². The predicted molar refractivity (Wildman–Crippen MR) is 182 cm³/mol. The number of halogens is 2. The highest BCUT2D eigenvalue weighted by atomic mass is 35.5. The molecule has 1 rings (SSSR count). The second-order valence-electron chi connectivity index (χ2n) is 10.7. The van der Waals surface area contributed by atoms with Crippen LogP contribution in [0.5, 0.6) is 0 Å². The summed E-state index contributed by atoms with van der Waals surface area (Å²) in [5, 5.41) is 11.0. The average molecular weight is 672 g/mol. The molecule has 0 aromatic heterocycles. The topological polar surface area (TPSA) is 132 Å². The zero-order valence-electron chi connectivity index (χ0n) is 25.9. The normalized spacial score (nSPS) is 17.5. The molecule has 1 aliphatic rings. The zero-order chi connectivity index (χ0) is 32.7. The van der Waals surface area contributed by atoms with E-state index in [1.807, 2.05) is 0 Å². The van der Waals surface area contributed by atoms with Crippen LogP contribution in [-0.2, 0) is 19.2 Å². The number of unbranched alkanes of at least 4 members (excludes halogenated alkanes) is 1. The first-order chi connectivity index (χ1) is 21.1. The molecule has 1 aliphatic carbocycles. The van der Waals surface area contributed by atoms with Gasteiger partial charge in [-0.05, 0) is 63.1 Å². The van der Waals surface area contributed by atoms with Crippen LogP contribution in [0.25, 0.3) is 0 Å². The fourth-order valence-corrected chi connectivity index (χ4v) is 5.95. The van der Waals surface area contributed by atoms with Crippen molar-refractivity contribution >= 4 is 59.3 Å². The monoisotopic (exact) mass is 670 g/mol. The van der Waals surface area contributed by atoms with Gasteiger partial charge in [-0.3, -0.25) is 23.9 Å². The second-order valence-corrected chi connectivity index (χ2v) is 12.4. The van der Waals surface area contributed by atoms with E-state index >= 15 is 0 Å². The Labute approximate surface area is 276 Å². The molecule has 2 atom stereocenters. The maximum absolute atomic E-state index is 12.3. The summed E-state index contributed by atoms with van der Waals surface area (Å²) in [5.41, 5.74) is 4.84. The highest BCUT2D eigenvalue weighted by Crippen LogP contribution is 2.33. The van der Waals surface area contributed by atoms with Crippen molar-refractivity contribution < 1.29 is 19.2 Å². The largest absolute Gasteiger partial charge is 0.359 e. The van der Waals surface area contributed by atoms with E-state index < -0.39 is 5.91 Å². The number of carbonyl (C=O) groups is 4. The third kappa shape index (κ3) is 18.3. The lowest BCUT2D eigenvalue weighted by molar-refractivity contribution is -0.127. The molecule has 1 fully saturated rings. The van der Waals surface area contributed by atoms with Gasteiger partial charge in [-0.25, -0.2) is 0 Å². The molecule has 0 aliphatic heterocycles. The molecule has 0 bridgehead atoms. The van der Waals surface area contributed by atoms with Gasteiger partial charge >= 0.3 is 0 Å². The van der Waals surface area contributed by atoms with Gasteiger partial charge < -0.3 is 26.2 Å². The van der Waals surface area contributed by atoms with Crippen LogP contribution in [0, 0.1) is 5.92 Å². The summed E-state index contributed by atoms with van der Waals surface area (Å²) in [7, 11) is 2.05. The molecule has 4 amide bonds. The van der Waals surface area contributed by atoms with E-state index in [0.29, 0.717) is 43.4 Å². The Hall–Kier alpha value is -2.57. The Morgan fingerprint density at radius 3 is 2.39 bits per heavy atom. The van der Waals surface area contributed by atoms with Crippen LogP contribution in [0.3, 0.4) is 0 Å². The van der Waals surface area contributed by atoms with Crippen LogP contribution in [-0.4, -0.2) is 87.1 Å². The molecule has 0 radical (unpaired) electrons. The van der Waals surface area contributed by atoms with E-state index in [0.717, 1.165) is 49.8 Å². The molecule has 44 heavy (non-hydrogen) atoms. The summed E-state index contributed by atoms with van der Waals surface area (Å²) in [4.78, 5) is 48.5. The van der Waals surface area contributed by atoms with E-state index in [-0.39, 0.29) is 36.7 Å². The molecule has 0 aromatic carbocycles. The standard InChI is InChI=1S/C31H48Cl2N6O4S/c1-5-26(27(33)11-12-32)21-39(4)20-23(2)15-25-10-8-9-24(3)28(16-25)44-38-19-31(43)37-18-30(42)36-17-29(41)35-14-7-6-13-34-22-40/h5,11-12,15,22-23,28,38H,1,3,6-10,13-14,16-21H2,2,4H3,(H,34,40)(H,35,41)(H,36,42)(H,37,43)/b12-11+,25-15+,27-26-. The van der Waals surface area contributed by atoms with E-state index in [2.05, 4.69) is 64.1 Å². The molecule has 246 valence electrons. The molecule has 1 saturated carbocycles. The van der Waals surface area contributed by atoms with Gasteiger partial charge in [0, 0.05) is 42.0 Å². The van der Waals surface area contributed by atoms with Crippen molar-refractivity contribution in [2.75, 3.05) is 52.9 Å². The lowest BCUT2D eigenvalue weighted by atomic mass is 10.0. The second kappa shape index (κ2) is 23.8. The van der Waals surface area contributed by atoms with Crippen LogP contribution in [0.1, 0.15) is 45.4 Å². The van der Waals surface area contributed by atoms with Crippen molar-refractivity contribution in [3.05, 3.63) is 58.7 Å². The maximum atomic E-state index is 12.3. The molecule has 10 nitrogen and oxygen atoms in total. The minimum atomic E-state index is -0.449. The Kier molecular flexibility index (Phi) is 21.3. The fraction of sp³-hybridized carbons (Fsp3) is 0.548. The van der Waals surface area contributed by atoms with E-state index in [1.54, 1.807) is 12.2 Å². The third-order valence-electron chi connectivity index (χ3n) is 6.73. The quantitative estimate of drug-likeness (QED) is 0.0315. The Balaban J connectivity index is 2.41. The summed E-state index contributed by atoms with van der Waals surface area (Å²) in [6, 6.07) is 0. The van der Waals surface area contributed by atoms with E-state index in [1.165, 1.54) is 23.1 Å². The van der Waals surface area contributed by atoms with Crippen molar-refractivity contribution in [1.29, 1.82) is 0 Å². The summed E-state index contributed by atoms with van der Waals surface area (Å²) in [5.74, 6) is -0.755. The lowest BCUT2D eigenvalue weighted by Gasteiger charge is -2.22. The first-order valence-corrected chi connectivity index (χ1v) is 16.5. The summed E-state index contributed by atoms with van der Waals surface area (Å²) >= 11 is 13.4. The van der Waals surface area contributed by atoms with Gasteiger partial charge in [0.1, 0.15) is 0 Å². The number of likely N-dealkylation sites (N-methyl/N-ethyl adjacent to an activating group) is 1. The molecule has 13 heteroatoms. The van der Waals surface area contributed by atoms with Gasteiger partial charge in [0.25, 0.3) is 0 Å².